The van der Waals surface area contributed by atoms with E-state index in [0.717, 1.165) is 4.90 Å². The molecule has 2 N–H and O–H groups in total. The summed E-state index contributed by atoms with van der Waals surface area (Å²) in [6, 6.07) is -0.641. The highest BCUT2D eigenvalue weighted by atomic mass is 16.4. The molecule has 86 valence electrons. The molecule has 1 aliphatic heterocycles. The van der Waals surface area contributed by atoms with Crippen molar-refractivity contribution >= 4 is 5.91 Å². The summed E-state index contributed by atoms with van der Waals surface area (Å²) in [4.78, 5) is 12.8. The zero-order chi connectivity index (χ0) is 11.6. The van der Waals surface area contributed by atoms with Gasteiger partial charge in [0.1, 0.15) is 12.3 Å². The molecule has 6 nitrogen and oxygen atoms in total. The second kappa shape index (κ2) is 4.24. The van der Waals surface area contributed by atoms with Gasteiger partial charge in [0.2, 0.25) is 0 Å². The monoisotopic (exact) mass is 215 g/mol. The Kier molecular flexibility index (Phi) is 3.41. The van der Waals surface area contributed by atoms with E-state index in [9.17, 15) is 15.0 Å². The number of rotatable bonds is 3. The van der Waals surface area contributed by atoms with Gasteiger partial charge in [-0.2, -0.15) is 5.11 Å². The van der Waals surface area contributed by atoms with Crippen LogP contribution in [0.15, 0.2) is 10.2 Å². The van der Waals surface area contributed by atoms with Gasteiger partial charge in [-0.1, -0.05) is 13.8 Å². The molecule has 15 heavy (non-hydrogen) atoms. The number of aliphatic hydroxyl groups is 2. The van der Waals surface area contributed by atoms with Gasteiger partial charge < -0.3 is 10.2 Å². The Morgan fingerprint density at radius 2 is 2.20 bits per heavy atom. The number of carbonyl (C=O) groups is 1. The highest BCUT2D eigenvalue weighted by Gasteiger charge is 2.44. The number of azo groups is 1. The van der Waals surface area contributed by atoms with Crippen LogP contribution in [0.1, 0.15) is 33.6 Å². The zero-order valence-electron chi connectivity index (χ0n) is 9.21. The van der Waals surface area contributed by atoms with Crippen molar-refractivity contribution in [1.82, 2.24) is 4.90 Å². The summed E-state index contributed by atoms with van der Waals surface area (Å²) in [6.45, 7) is 4.98. The first-order valence-electron chi connectivity index (χ1n) is 5.12. The first kappa shape index (κ1) is 12.1. The van der Waals surface area contributed by atoms with Crippen LogP contribution < -0.4 is 0 Å². The zero-order valence-corrected chi connectivity index (χ0v) is 9.21. The molecule has 0 aromatic carbocycles. The Hall–Kier alpha value is -1.01. The molecule has 1 aliphatic rings. The Morgan fingerprint density at radius 1 is 1.60 bits per heavy atom. The predicted molar refractivity (Wildman–Crippen MR) is 52.7 cm³/mol. The fourth-order valence-electron chi connectivity index (χ4n) is 1.46. The van der Waals surface area contributed by atoms with Crippen LogP contribution >= 0.6 is 0 Å². The average Bonchev–Trinajstić information content (AvgIpc) is 2.24. The van der Waals surface area contributed by atoms with Crippen LogP contribution in [0.4, 0.5) is 0 Å². The molecule has 0 fully saturated rings. The summed E-state index contributed by atoms with van der Waals surface area (Å²) in [5.41, 5.74) is 0. The van der Waals surface area contributed by atoms with Crippen molar-refractivity contribution in [1.29, 1.82) is 0 Å². The van der Waals surface area contributed by atoms with Crippen molar-refractivity contribution in [3.05, 3.63) is 0 Å². The summed E-state index contributed by atoms with van der Waals surface area (Å²) in [5, 5.41) is 27.1. The van der Waals surface area contributed by atoms with Crippen molar-refractivity contribution < 1.29 is 15.0 Å². The van der Waals surface area contributed by atoms with E-state index in [0.29, 0.717) is 6.42 Å². The Morgan fingerprint density at radius 3 is 2.67 bits per heavy atom. The lowest BCUT2D eigenvalue weighted by Crippen LogP contribution is -2.59. The highest BCUT2D eigenvalue weighted by Crippen LogP contribution is 2.27. The summed E-state index contributed by atoms with van der Waals surface area (Å²) in [7, 11) is 0. The molecule has 1 heterocycles. The molecule has 1 amide bonds. The lowest BCUT2D eigenvalue weighted by atomic mass is 10.1. The van der Waals surface area contributed by atoms with E-state index in [2.05, 4.69) is 10.2 Å². The van der Waals surface area contributed by atoms with Gasteiger partial charge in [0.15, 0.2) is 0 Å². The second-order valence-electron chi connectivity index (χ2n) is 3.62. The van der Waals surface area contributed by atoms with E-state index in [1.54, 1.807) is 20.8 Å². The number of hydrogen-bond acceptors (Lipinski definition) is 5. The SMILES string of the molecule is CCC(O)N1C(=O)C(C)N=NC1(O)CC. The maximum Gasteiger partial charge on any atom is 0.259 e. The van der Waals surface area contributed by atoms with Crippen LogP contribution in [0, 0.1) is 0 Å². The summed E-state index contributed by atoms with van der Waals surface area (Å²) in [5.74, 6) is -2.09. The first-order chi connectivity index (χ1) is 6.96. The molecule has 1 rings (SSSR count). The molecule has 0 spiro atoms. The number of hydrogen-bond donors (Lipinski definition) is 2. The highest BCUT2D eigenvalue weighted by molar-refractivity contribution is 5.82. The minimum absolute atomic E-state index is 0.200. The fraction of sp³-hybridized carbons (Fsp3) is 0.889. The molecular formula is C9H17N3O3. The third-order valence-electron chi connectivity index (χ3n) is 2.51. The van der Waals surface area contributed by atoms with Gasteiger partial charge >= 0.3 is 0 Å². The van der Waals surface area contributed by atoms with Gasteiger partial charge in [-0.3, -0.25) is 9.69 Å². The van der Waals surface area contributed by atoms with Crippen molar-refractivity contribution in [3.8, 4) is 0 Å². The summed E-state index contributed by atoms with van der Waals surface area (Å²) >= 11 is 0. The molecule has 0 bridgehead atoms. The number of amides is 1. The minimum atomic E-state index is -1.70. The Labute approximate surface area is 88.6 Å². The van der Waals surface area contributed by atoms with Crippen LogP contribution in [0.3, 0.4) is 0 Å². The quantitative estimate of drug-likeness (QED) is 0.716. The van der Waals surface area contributed by atoms with Gasteiger partial charge in [-0.05, 0) is 13.3 Å². The number of nitrogens with zero attached hydrogens (tertiary/aromatic N) is 3. The Balaban J connectivity index is 3.06. The average molecular weight is 215 g/mol. The molecule has 0 saturated carbocycles. The summed E-state index contributed by atoms with van der Waals surface area (Å²) < 4.78 is 0. The maximum absolute atomic E-state index is 11.8. The van der Waals surface area contributed by atoms with E-state index in [-0.39, 0.29) is 6.42 Å². The van der Waals surface area contributed by atoms with Gasteiger partial charge in [-0.15, -0.1) is 5.11 Å². The van der Waals surface area contributed by atoms with Crippen LogP contribution in [-0.4, -0.2) is 39.1 Å². The molecule has 0 saturated heterocycles. The van der Waals surface area contributed by atoms with Crippen molar-refractivity contribution in [2.24, 2.45) is 10.2 Å². The summed E-state index contributed by atoms with van der Waals surface area (Å²) in [6.07, 6.45) is -0.480. The van der Waals surface area contributed by atoms with Crippen LogP contribution in [-0.2, 0) is 4.79 Å². The van der Waals surface area contributed by atoms with Crippen molar-refractivity contribution in [2.45, 2.75) is 51.7 Å². The molecule has 0 aromatic rings. The molecule has 3 atom stereocenters. The Bertz CT molecular complexity index is 282. The normalized spacial score (nSPS) is 33.3. The van der Waals surface area contributed by atoms with E-state index in [1.807, 2.05) is 0 Å². The van der Waals surface area contributed by atoms with E-state index in [1.165, 1.54) is 0 Å². The van der Waals surface area contributed by atoms with Crippen LogP contribution in [0.25, 0.3) is 0 Å². The first-order valence-corrected chi connectivity index (χ1v) is 5.12. The van der Waals surface area contributed by atoms with E-state index < -0.39 is 24.0 Å². The van der Waals surface area contributed by atoms with Gasteiger partial charge in [-0.25, -0.2) is 0 Å². The number of aliphatic hydroxyl groups excluding tert-OH is 1. The van der Waals surface area contributed by atoms with Gasteiger partial charge in [0.25, 0.3) is 11.8 Å². The third-order valence-corrected chi connectivity index (χ3v) is 2.51. The topological polar surface area (TPSA) is 85.5 Å². The molecule has 6 heteroatoms. The van der Waals surface area contributed by atoms with Crippen LogP contribution in [0.5, 0.6) is 0 Å². The lowest BCUT2D eigenvalue weighted by Gasteiger charge is -2.41. The van der Waals surface area contributed by atoms with Gasteiger partial charge in [0.05, 0.1) is 0 Å². The van der Waals surface area contributed by atoms with Crippen LogP contribution in [0.2, 0.25) is 0 Å². The van der Waals surface area contributed by atoms with E-state index >= 15 is 0 Å². The lowest BCUT2D eigenvalue weighted by molar-refractivity contribution is -0.199. The molecule has 0 aliphatic carbocycles. The molecule has 0 aromatic heterocycles. The van der Waals surface area contributed by atoms with E-state index in [4.69, 9.17) is 0 Å². The van der Waals surface area contributed by atoms with Crippen molar-refractivity contribution in [3.63, 3.8) is 0 Å². The second-order valence-corrected chi connectivity index (χ2v) is 3.62. The largest absolute Gasteiger partial charge is 0.373 e. The maximum atomic E-state index is 11.8. The molecule has 3 unspecified atom stereocenters. The molecule has 0 radical (unpaired) electrons. The van der Waals surface area contributed by atoms with Gasteiger partial charge in [0, 0.05) is 6.42 Å². The third kappa shape index (κ3) is 2.00. The molecular weight excluding hydrogens is 198 g/mol. The minimum Gasteiger partial charge on any atom is -0.373 e. The predicted octanol–water partition coefficient (Wildman–Crippen LogP) is 0.454. The fourth-order valence-corrected chi connectivity index (χ4v) is 1.46. The van der Waals surface area contributed by atoms with Crippen molar-refractivity contribution in [2.75, 3.05) is 0 Å². The smallest absolute Gasteiger partial charge is 0.259 e. The number of carbonyl (C=O) groups excluding carboxylic acids is 1. The standard InChI is InChI=1S/C9H17N3O3/c1-4-7(13)12-8(14)6(3)10-11-9(12,15)5-2/h6-7,13,15H,4-5H2,1-3H3.